The number of piperidine rings is 1. The first-order valence-corrected chi connectivity index (χ1v) is 10.9. The maximum Gasteiger partial charge on any atom is 0.222 e. The van der Waals surface area contributed by atoms with Crippen molar-refractivity contribution in [2.75, 3.05) is 26.8 Å². The van der Waals surface area contributed by atoms with Gasteiger partial charge in [-0.3, -0.25) is 9.59 Å². The number of benzene rings is 2. The Bertz CT molecular complexity index is 945. The van der Waals surface area contributed by atoms with Gasteiger partial charge in [0.1, 0.15) is 22.8 Å². The number of hydrogen-bond donors (Lipinski definition) is 0. The third-order valence-corrected chi connectivity index (χ3v) is 6.14. The van der Waals surface area contributed by atoms with Gasteiger partial charge in [-0.15, -0.1) is 0 Å². The van der Waals surface area contributed by atoms with Crippen molar-refractivity contribution in [2.45, 2.75) is 44.6 Å². The summed E-state index contributed by atoms with van der Waals surface area (Å²) in [6.45, 7) is 3.70. The standard InChI is InChI=1S/C25H29NO5/c1-18-5-10-23-21(16-18)22(27)17-25(31-23)11-13-26(14-12-25)24(28)4-3-15-30-20-8-6-19(29-2)7-9-20/h5-10,16H,3-4,11-15,17H2,1-2H3. The number of fused-ring (bicyclic) bond motifs is 1. The highest BCUT2D eigenvalue weighted by Crippen LogP contribution is 2.39. The number of carbonyl (C=O) groups excluding carboxylic acids is 2. The molecule has 2 aliphatic rings. The molecule has 2 aliphatic heterocycles. The molecule has 6 heteroatoms. The molecule has 0 saturated carbocycles. The number of methoxy groups -OCH3 is 1. The average molecular weight is 424 g/mol. The molecule has 0 radical (unpaired) electrons. The number of nitrogens with zero attached hydrogens (tertiary/aromatic N) is 1. The Morgan fingerprint density at radius 2 is 1.81 bits per heavy atom. The summed E-state index contributed by atoms with van der Waals surface area (Å²) in [5.41, 5.74) is 1.26. The SMILES string of the molecule is COc1ccc(OCCCC(=O)N2CCC3(CC2)CC(=O)c2cc(C)ccc2O3)cc1. The smallest absolute Gasteiger partial charge is 0.222 e. The Hall–Kier alpha value is -3.02. The molecule has 164 valence electrons. The van der Waals surface area contributed by atoms with E-state index in [4.69, 9.17) is 14.2 Å². The van der Waals surface area contributed by atoms with Gasteiger partial charge in [-0.05, 0) is 49.7 Å². The van der Waals surface area contributed by atoms with Crippen LogP contribution in [-0.4, -0.2) is 49.0 Å². The summed E-state index contributed by atoms with van der Waals surface area (Å²) in [5, 5.41) is 0. The van der Waals surface area contributed by atoms with Crippen molar-refractivity contribution < 1.29 is 23.8 Å². The monoisotopic (exact) mass is 423 g/mol. The molecule has 2 aromatic carbocycles. The van der Waals surface area contributed by atoms with E-state index in [0.717, 1.165) is 17.1 Å². The van der Waals surface area contributed by atoms with Gasteiger partial charge >= 0.3 is 0 Å². The third-order valence-electron chi connectivity index (χ3n) is 6.14. The minimum absolute atomic E-state index is 0.131. The summed E-state index contributed by atoms with van der Waals surface area (Å²) in [4.78, 5) is 27.2. The van der Waals surface area contributed by atoms with Crippen molar-refractivity contribution in [1.29, 1.82) is 0 Å². The van der Waals surface area contributed by atoms with E-state index in [1.165, 1.54) is 0 Å². The van der Waals surface area contributed by atoms with E-state index >= 15 is 0 Å². The summed E-state index contributed by atoms with van der Waals surface area (Å²) in [5.74, 6) is 2.50. The number of aryl methyl sites for hydroxylation is 1. The molecule has 0 unspecified atom stereocenters. The van der Waals surface area contributed by atoms with Crippen molar-refractivity contribution in [1.82, 2.24) is 4.90 Å². The number of ketones is 1. The molecule has 2 heterocycles. The summed E-state index contributed by atoms with van der Waals surface area (Å²) in [6, 6.07) is 13.2. The second kappa shape index (κ2) is 9.00. The molecule has 1 spiro atoms. The van der Waals surface area contributed by atoms with Crippen LogP contribution in [0, 0.1) is 6.92 Å². The van der Waals surface area contributed by atoms with E-state index < -0.39 is 5.60 Å². The quantitative estimate of drug-likeness (QED) is 0.652. The fourth-order valence-corrected chi connectivity index (χ4v) is 4.29. The van der Waals surface area contributed by atoms with Crippen LogP contribution in [0.25, 0.3) is 0 Å². The summed E-state index contributed by atoms with van der Waals surface area (Å²) in [6.07, 6.45) is 2.86. The fourth-order valence-electron chi connectivity index (χ4n) is 4.29. The van der Waals surface area contributed by atoms with Crippen LogP contribution in [0.2, 0.25) is 0 Å². The zero-order valence-electron chi connectivity index (χ0n) is 18.2. The molecule has 0 atom stereocenters. The Labute approximate surface area is 183 Å². The highest BCUT2D eigenvalue weighted by Gasteiger charge is 2.43. The van der Waals surface area contributed by atoms with E-state index in [2.05, 4.69) is 0 Å². The maximum atomic E-state index is 12.7. The van der Waals surface area contributed by atoms with Crippen LogP contribution in [0.5, 0.6) is 17.2 Å². The Balaban J connectivity index is 1.23. The second-order valence-electron chi connectivity index (χ2n) is 8.39. The van der Waals surface area contributed by atoms with Crippen molar-refractivity contribution in [3.05, 3.63) is 53.6 Å². The van der Waals surface area contributed by atoms with Crippen molar-refractivity contribution in [2.24, 2.45) is 0 Å². The highest BCUT2D eigenvalue weighted by atomic mass is 16.5. The van der Waals surface area contributed by atoms with Crippen LogP contribution in [0.15, 0.2) is 42.5 Å². The zero-order valence-corrected chi connectivity index (χ0v) is 18.2. The van der Waals surface area contributed by atoms with Crippen LogP contribution < -0.4 is 14.2 Å². The predicted octanol–water partition coefficient (Wildman–Crippen LogP) is 4.19. The third kappa shape index (κ3) is 4.84. The zero-order chi connectivity index (χ0) is 21.8. The van der Waals surface area contributed by atoms with Crippen LogP contribution in [0.3, 0.4) is 0 Å². The first-order valence-electron chi connectivity index (χ1n) is 10.9. The molecule has 0 bridgehead atoms. The molecule has 4 rings (SSSR count). The molecule has 1 fully saturated rings. The topological polar surface area (TPSA) is 65.1 Å². The predicted molar refractivity (Wildman–Crippen MR) is 117 cm³/mol. The number of likely N-dealkylation sites (tertiary alicyclic amines) is 1. The molecule has 1 amide bonds. The van der Waals surface area contributed by atoms with Gasteiger partial charge < -0.3 is 19.1 Å². The minimum Gasteiger partial charge on any atom is -0.497 e. The van der Waals surface area contributed by atoms with E-state index in [1.807, 2.05) is 54.3 Å². The molecule has 2 aromatic rings. The lowest BCUT2D eigenvalue weighted by atomic mass is 9.82. The number of Topliss-reactive ketones (excluding diaryl/α,β-unsaturated/α-hetero) is 1. The lowest BCUT2D eigenvalue weighted by molar-refractivity contribution is -0.135. The number of amides is 1. The van der Waals surface area contributed by atoms with Crippen LogP contribution in [-0.2, 0) is 4.79 Å². The molecule has 31 heavy (non-hydrogen) atoms. The van der Waals surface area contributed by atoms with Crippen LogP contribution >= 0.6 is 0 Å². The van der Waals surface area contributed by atoms with Gasteiger partial charge in [0.2, 0.25) is 5.91 Å². The number of rotatable bonds is 6. The highest BCUT2D eigenvalue weighted by molar-refractivity contribution is 6.00. The Morgan fingerprint density at radius 1 is 1.10 bits per heavy atom. The molecule has 0 N–H and O–H groups in total. The second-order valence-corrected chi connectivity index (χ2v) is 8.39. The maximum absolute atomic E-state index is 12.7. The molecule has 0 aliphatic carbocycles. The summed E-state index contributed by atoms with van der Waals surface area (Å²) < 4.78 is 17.1. The largest absolute Gasteiger partial charge is 0.497 e. The molecular weight excluding hydrogens is 394 g/mol. The van der Waals surface area contributed by atoms with Gasteiger partial charge in [-0.2, -0.15) is 0 Å². The van der Waals surface area contributed by atoms with Gasteiger partial charge in [-0.25, -0.2) is 0 Å². The van der Waals surface area contributed by atoms with E-state index in [0.29, 0.717) is 63.1 Å². The molecule has 0 aromatic heterocycles. The van der Waals surface area contributed by atoms with Crippen molar-refractivity contribution >= 4 is 11.7 Å². The van der Waals surface area contributed by atoms with Crippen molar-refractivity contribution in [3.8, 4) is 17.2 Å². The normalized spacial score (nSPS) is 17.1. The van der Waals surface area contributed by atoms with Crippen molar-refractivity contribution in [3.63, 3.8) is 0 Å². The fraction of sp³-hybridized carbons (Fsp3) is 0.440. The Morgan fingerprint density at radius 3 is 2.52 bits per heavy atom. The summed E-state index contributed by atoms with van der Waals surface area (Å²) >= 11 is 0. The first-order chi connectivity index (χ1) is 15.0. The number of ether oxygens (including phenoxy) is 3. The van der Waals surface area contributed by atoms with Gasteiger partial charge in [0, 0.05) is 32.4 Å². The van der Waals surface area contributed by atoms with Gasteiger partial charge in [-0.1, -0.05) is 11.6 Å². The number of hydrogen-bond acceptors (Lipinski definition) is 5. The molecule has 1 saturated heterocycles. The molecule has 6 nitrogen and oxygen atoms in total. The van der Waals surface area contributed by atoms with E-state index in [9.17, 15) is 9.59 Å². The minimum atomic E-state index is -0.479. The van der Waals surface area contributed by atoms with E-state index in [1.54, 1.807) is 7.11 Å². The van der Waals surface area contributed by atoms with Gasteiger partial charge in [0.25, 0.3) is 0 Å². The van der Waals surface area contributed by atoms with Gasteiger partial charge in [0.05, 0.1) is 25.7 Å². The molecular formula is C25H29NO5. The Kier molecular flexibility index (Phi) is 6.16. The lowest BCUT2D eigenvalue weighted by Gasteiger charge is -2.44. The first kappa shape index (κ1) is 21.2. The van der Waals surface area contributed by atoms with Gasteiger partial charge in [0.15, 0.2) is 5.78 Å². The number of carbonyl (C=O) groups is 2. The lowest BCUT2D eigenvalue weighted by Crippen LogP contribution is -2.52. The van der Waals surface area contributed by atoms with Crippen LogP contribution in [0.4, 0.5) is 0 Å². The summed E-state index contributed by atoms with van der Waals surface area (Å²) in [7, 11) is 1.63. The average Bonchev–Trinajstić information content (AvgIpc) is 2.78. The van der Waals surface area contributed by atoms with E-state index in [-0.39, 0.29) is 11.7 Å². The van der Waals surface area contributed by atoms with Crippen LogP contribution in [0.1, 0.15) is 48.0 Å².